The number of nitrogens with zero attached hydrogens (tertiary/aromatic N) is 1. The monoisotopic (exact) mass is 307 g/mol. The van der Waals surface area contributed by atoms with Crippen molar-refractivity contribution in [2.75, 3.05) is 12.0 Å². The first-order chi connectivity index (χ1) is 9.58. The van der Waals surface area contributed by atoms with E-state index in [-0.39, 0.29) is 23.3 Å². The van der Waals surface area contributed by atoms with Crippen LogP contribution in [0.2, 0.25) is 0 Å². The zero-order valence-corrected chi connectivity index (χ0v) is 13.7. The summed E-state index contributed by atoms with van der Waals surface area (Å²) in [6, 6.07) is 7.69. The Morgan fingerprint density at radius 1 is 1.14 bits per heavy atom. The molecular formula is C16H21NO3S. The topological polar surface area (TPSA) is 56.1 Å². The number of rotatable bonds is 3. The van der Waals surface area contributed by atoms with Crippen LogP contribution in [0, 0.1) is 0 Å². The Morgan fingerprint density at radius 2 is 1.81 bits per heavy atom. The van der Waals surface area contributed by atoms with Gasteiger partial charge in [0, 0.05) is 24.4 Å². The largest absolute Gasteiger partial charge is 0.314 e. The Hall–Kier alpha value is -1.62. The van der Waals surface area contributed by atoms with Gasteiger partial charge >= 0.3 is 0 Å². The molecule has 114 valence electrons. The van der Waals surface area contributed by atoms with Gasteiger partial charge in [-0.15, -0.1) is 0 Å². The van der Waals surface area contributed by atoms with Crippen LogP contribution in [-0.4, -0.2) is 25.0 Å². The lowest BCUT2D eigenvalue weighted by Crippen LogP contribution is -2.23. The number of benzene rings is 1. The van der Waals surface area contributed by atoms with E-state index in [9.17, 15) is 13.2 Å². The third-order valence-corrected chi connectivity index (χ3v) is 4.47. The van der Waals surface area contributed by atoms with Gasteiger partial charge in [0.15, 0.2) is 0 Å². The lowest BCUT2D eigenvalue weighted by atomic mass is 9.86. The summed E-state index contributed by atoms with van der Waals surface area (Å²) < 4.78 is 23.9. The van der Waals surface area contributed by atoms with Crippen molar-refractivity contribution in [2.45, 2.75) is 32.7 Å². The van der Waals surface area contributed by atoms with Crippen LogP contribution in [0.3, 0.4) is 0 Å². The smallest absolute Gasteiger partial charge is 0.258 e. The lowest BCUT2D eigenvalue weighted by molar-refractivity contribution is 0.590. The summed E-state index contributed by atoms with van der Waals surface area (Å²) in [5.41, 5.74) is 1.05. The number of aryl methyl sites for hydroxylation is 1. The van der Waals surface area contributed by atoms with Crippen LogP contribution in [0.25, 0.3) is 10.8 Å². The molecule has 0 radical (unpaired) electrons. The number of hydrogen-bond donors (Lipinski definition) is 0. The van der Waals surface area contributed by atoms with Crippen LogP contribution < -0.4 is 5.56 Å². The average Bonchev–Trinajstić information content (AvgIpc) is 2.35. The third-order valence-electron chi connectivity index (χ3n) is 3.55. The van der Waals surface area contributed by atoms with Crippen molar-refractivity contribution in [1.29, 1.82) is 0 Å². The highest BCUT2D eigenvalue weighted by Gasteiger charge is 2.14. The summed E-state index contributed by atoms with van der Waals surface area (Å²) in [5.74, 6) is -0.0293. The molecule has 1 heterocycles. The quantitative estimate of drug-likeness (QED) is 0.874. The summed E-state index contributed by atoms with van der Waals surface area (Å²) in [4.78, 5) is 12.4. The van der Waals surface area contributed by atoms with Gasteiger partial charge in [0.05, 0.1) is 5.75 Å². The number of fused-ring (bicyclic) bond motifs is 1. The minimum atomic E-state index is -3.08. The van der Waals surface area contributed by atoms with E-state index in [1.54, 1.807) is 6.20 Å². The van der Waals surface area contributed by atoms with E-state index in [4.69, 9.17) is 0 Å². The van der Waals surface area contributed by atoms with E-state index in [0.29, 0.717) is 5.39 Å². The molecule has 2 aromatic rings. The molecule has 0 aliphatic carbocycles. The number of sulfone groups is 1. The molecule has 21 heavy (non-hydrogen) atoms. The molecule has 1 aromatic carbocycles. The number of hydrogen-bond acceptors (Lipinski definition) is 3. The van der Waals surface area contributed by atoms with Gasteiger partial charge in [-0.1, -0.05) is 32.9 Å². The molecule has 0 atom stereocenters. The van der Waals surface area contributed by atoms with Crippen LogP contribution in [0.4, 0.5) is 0 Å². The van der Waals surface area contributed by atoms with Gasteiger partial charge in [0.25, 0.3) is 5.56 Å². The molecule has 0 saturated carbocycles. The van der Waals surface area contributed by atoms with Crippen LogP contribution in [-0.2, 0) is 21.8 Å². The van der Waals surface area contributed by atoms with Gasteiger partial charge in [-0.05, 0) is 28.5 Å². The molecule has 0 spiro atoms. The minimum absolute atomic E-state index is 0.0271. The predicted octanol–water partition coefficient (Wildman–Crippen LogP) is 2.34. The third kappa shape index (κ3) is 3.73. The minimum Gasteiger partial charge on any atom is -0.314 e. The predicted molar refractivity (Wildman–Crippen MR) is 86.6 cm³/mol. The highest BCUT2D eigenvalue weighted by molar-refractivity contribution is 7.90. The molecule has 0 bridgehead atoms. The van der Waals surface area contributed by atoms with Gasteiger partial charge < -0.3 is 4.57 Å². The van der Waals surface area contributed by atoms with E-state index in [0.717, 1.165) is 5.39 Å². The fourth-order valence-corrected chi connectivity index (χ4v) is 2.72. The highest BCUT2D eigenvalue weighted by Crippen LogP contribution is 2.24. The molecule has 0 aliphatic heterocycles. The maximum absolute atomic E-state index is 12.4. The number of aromatic nitrogens is 1. The van der Waals surface area contributed by atoms with Gasteiger partial charge in [0.1, 0.15) is 9.84 Å². The second-order valence-corrected chi connectivity index (χ2v) is 8.76. The zero-order chi connectivity index (χ0) is 15.8. The maximum Gasteiger partial charge on any atom is 0.258 e. The van der Waals surface area contributed by atoms with Crippen molar-refractivity contribution in [1.82, 2.24) is 4.57 Å². The standard InChI is InChI=1S/C16H21NO3S/c1-16(2,3)13-5-6-14-12(11-13)7-8-17(15(14)18)9-10-21(4,19)20/h5-8,11H,9-10H2,1-4H3. The summed E-state index contributed by atoms with van der Waals surface area (Å²) in [7, 11) is -3.08. The SMILES string of the molecule is CC(C)(C)c1ccc2c(=O)n(CCS(C)(=O)=O)ccc2c1. The van der Waals surface area contributed by atoms with Crippen LogP contribution in [0.5, 0.6) is 0 Å². The van der Waals surface area contributed by atoms with E-state index in [1.165, 1.54) is 16.4 Å². The molecule has 0 N–H and O–H groups in total. The van der Waals surface area contributed by atoms with E-state index in [1.807, 2.05) is 24.3 Å². The molecule has 4 nitrogen and oxygen atoms in total. The van der Waals surface area contributed by atoms with E-state index < -0.39 is 9.84 Å². The molecule has 0 unspecified atom stereocenters. The van der Waals surface area contributed by atoms with Crippen molar-refractivity contribution in [3.8, 4) is 0 Å². The normalized spacial score (nSPS) is 12.8. The fraction of sp³-hybridized carbons (Fsp3) is 0.438. The lowest BCUT2D eigenvalue weighted by Gasteiger charge is -2.19. The Bertz CT molecular complexity index is 827. The number of pyridine rings is 1. The molecular weight excluding hydrogens is 286 g/mol. The summed E-state index contributed by atoms with van der Waals surface area (Å²) in [5, 5.41) is 1.52. The van der Waals surface area contributed by atoms with Crippen molar-refractivity contribution in [3.63, 3.8) is 0 Å². The van der Waals surface area contributed by atoms with Crippen molar-refractivity contribution in [2.24, 2.45) is 0 Å². The second kappa shape index (κ2) is 5.30. The first-order valence-corrected chi connectivity index (χ1v) is 8.95. The first kappa shape index (κ1) is 15.8. The van der Waals surface area contributed by atoms with Crippen molar-refractivity contribution < 1.29 is 8.42 Å². The van der Waals surface area contributed by atoms with Gasteiger partial charge in [-0.3, -0.25) is 4.79 Å². The Kier molecular flexibility index (Phi) is 3.97. The van der Waals surface area contributed by atoms with Crippen LogP contribution in [0.15, 0.2) is 35.3 Å². The van der Waals surface area contributed by atoms with E-state index >= 15 is 0 Å². The molecule has 1 aromatic heterocycles. The highest BCUT2D eigenvalue weighted by atomic mass is 32.2. The van der Waals surface area contributed by atoms with Crippen molar-refractivity contribution >= 4 is 20.6 Å². The summed E-state index contributed by atoms with van der Waals surface area (Å²) in [6.45, 7) is 6.57. The molecule has 5 heteroatoms. The maximum atomic E-state index is 12.4. The summed E-state index contributed by atoms with van der Waals surface area (Å²) in [6.07, 6.45) is 2.84. The molecule has 0 saturated heterocycles. The Labute approximate surface area is 125 Å². The van der Waals surface area contributed by atoms with Crippen molar-refractivity contribution in [3.05, 3.63) is 46.4 Å². The fourth-order valence-electron chi connectivity index (χ4n) is 2.19. The summed E-state index contributed by atoms with van der Waals surface area (Å²) >= 11 is 0. The van der Waals surface area contributed by atoms with E-state index in [2.05, 4.69) is 20.8 Å². The molecule has 0 fully saturated rings. The Balaban J connectivity index is 2.47. The molecule has 2 rings (SSSR count). The van der Waals surface area contributed by atoms with Crippen LogP contribution in [0.1, 0.15) is 26.3 Å². The van der Waals surface area contributed by atoms with Crippen LogP contribution >= 0.6 is 0 Å². The van der Waals surface area contributed by atoms with Gasteiger partial charge in [-0.25, -0.2) is 8.42 Å². The second-order valence-electron chi connectivity index (χ2n) is 6.50. The molecule has 0 aliphatic rings. The van der Waals surface area contributed by atoms with Gasteiger partial charge in [-0.2, -0.15) is 0 Å². The Morgan fingerprint density at radius 3 is 2.38 bits per heavy atom. The average molecular weight is 307 g/mol. The zero-order valence-electron chi connectivity index (χ0n) is 12.9. The molecule has 0 amide bonds. The first-order valence-electron chi connectivity index (χ1n) is 6.89. The van der Waals surface area contributed by atoms with Gasteiger partial charge in [0.2, 0.25) is 0 Å².